The number of piperidine rings is 1. The van der Waals surface area contributed by atoms with Crippen LogP contribution >= 0.6 is 23.2 Å². The molecule has 1 saturated heterocycles. The standard InChI is InChI=1S/C36H49Cl2N3O2/c1-39(35(42)27-11-5-2-6-12-27)26-30(29-17-18-33(37)34(38)25-29)19-22-40-23-20-32(21-24-40)41(31-15-9-4-10-16-31)36(43)28-13-7-3-8-14-28/h2,5-6,11-12,17-18,25,28,30-32H,3-4,7-10,13-16,19-24,26H2,1H3/t30-/m1/s1. The molecule has 2 aromatic carbocycles. The Hall–Kier alpha value is -2.08. The zero-order valence-corrected chi connectivity index (χ0v) is 27.4. The second-order valence-corrected chi connectivity index (χ2v) is 14.0. The topological polar surface area (TPSA) is 43.9 Å². The maximum Gasteiger partial charge on any atom is 0.253 e. The van der Waals surface area contributed by atoms with Gasteiger partial charge in [-0.3, -0.25) is 9.59 Å². The Labute approximate surface area is 268 Å². The van der Waals surface area contributed by atoms with Gasteiger partial charge in [0.1, 0.15) is 0 Å². The smallest absolute Gasteiger partial charge is 0.253 e. The van der Waals surface area contributed by atoms with Crippen LogP contribution in [0.1, 0.15) is 105 Å². The number of rotatable bonds is 10. The predicted octanol–water partition coefficient (Wildman–Crippen LogP) is 8.45. The van der Waals surface area contributed by atoms with E-state index in [0.717, 1.165) is 57.3 Å². The summed E-state index contributed by atoms with van der Waals surface area (Å²) in [5, 5.41) is 1.10. The van der Waals surface area contributed by atoms with Crippen molar-refractivity contribution in [3.05, 3.63) is 69.7 Å². The summed E-state index contributed by atoms with van der Waals surface area (Å²) in [4.78, 5) is 33.9. The number of carbonyl (C=O) groups is 2. The van der Waals surface area contributed by atoms with Crippen LogP contribution in [0.4, 0.5) is 0 Å². The molecule has 2 amide bonds. The summed E-state index contributed by atoms with van der Waals surface area (Å²) >= 11 is 12.7. The number of halogens is 2. The van der Waals surface area contributed by atoms with E-state index in [4.69, 9.17) is 23.2 Å². The van der Waals surface area contributed by atoms with Gasteiger partial charge in [-0.2, -0.15) is 0 Å². The summed E-state index contributed by atoms with van der Waals surface area (Å²) in [6, 6.07) is 16.1. The highest BCUT2D eigenvalue weighted by molar-refractivity contribution is 6.42. The number of carbonyl (C=O) groups excluding carboxylic acids is 2. The van der Waals surface area contributed by atoms with Crippen molar-refractivity contribution < 1.29 is 9.59 Å². The van der Waals surface area contributed by atoms with Crippen molar-refractivity contribution >= 4 is 35.0 Å². The van der Waals surface area contributed by atoms with Crippen molar-refractivity contribution in [2.24, 2.45) is 5.92 Å². The first-order valence-electron chi connectivity index (χ1n) is 16.7. The minimum Gasteiger partial charge on any atom is -0.341 e. The Balaban J connectivity index is 1.22. The fraction of sp³-hybridized carbons (Fsp3) is 0.611. The van der Waals surface area contributed by atoms with Crippen LogP contribution in [0.15, 0.2) is 48.5 Å². The van der Waals surface area contributed by atoms with Crippen LogP contribution in [0.5, 0.6) is 0 Å². The average molecular weight is 627 g/mol. The minimum absolute atomic E-state index is 0.0249. The van der Waals surface area contributed by atoms with Crippen molar-refractivity contribution in [3.8, 4) is 0 Å². The van der Waals surface area contributed by atoms with Gasteiger partial charge >= 0.3 is 0 Å². The van der Waals surface area contributed by atoms with E-state index in [1.165, 1.54) is 51.4 Å². The maximum absolute atomic E-state index is 13.9. The summed E-state index contributed by atoms with van der Waals surface area (Å²) < 4.78 is 0. The first kappa shape index (κ1) is 32.3. The first-order valence-corrected chi connectivity index (χ1v) is 17.5. The third-order valence-electron chi connectivity index (χ3n) is 10.2. The molecule has 1 aliphatic heterocycles. The number of benzene rings is 2. The fourth-order valence-electron chi connectivity index (χ4n) is 7.68. The van der Waals surface area contributed by atoms with Gasteiger partial charge in [-0.05, 0) is 81.3 Å². The van der Waals surface area contributed by atoms with Crippen LogP contribution in [0.2, 0.25) is 10.0 Å². The van der Waals surface area contributed by atoms with Crippen LogP contribution in [0, 0.1) is 5.92 Å². The van der Waals surface area contributed by atoms with Gasteiger partial charge in [0.15, 0.2) is 0 Å². The fourth-order valence-corrected chi connectivity index (χ4v) is 7.99. The number of likely N-dealkylation sites (N-methyl/N-ethyl adjacent to an activating group) is 1. The third-order valence-corrected chi connectivity index (χ3v) is 10.9. The van der Waals surface area contributed by atoms with Gasteiger partial charge in [-0.25, -0.2) is 0 Å². The van der Waals surface area contributed by atoms with Gasteiger partial charge in [0, 0.05) is 56.2 Å². The molecule has 1 atom stereocenters. The lowest BCUT2D eigenvalue weighted by atomic mass is 9.85. The summed E-state index contributed by atoms with van der Waals surface area (Å²) in [6.45, 7) is 3.58. The van der Waals surface area contributed by atoms with Crippen LogP contribution in [0.3, 0.4) is 0 Å². The highest BCUT2D eigenvalue weighted by atomic mass is 35.5. The van der Waals surface area contributed by atoms with Gasteiger partial charge in [0.25, 0.3) is 5.91 Å². The molecule has 0 aromatic heterocycles. The van der Waals surface area contributed by atoms with Gasteiger partial charge in [0.2, 0.25) is 5.91 Å². The van der Waals surface area contributed by atoms with Gasteiger partial charge in [-0.15, -0.1) is 0 Å². The van der Waals surface area contributed by atoms with Crippen LogP contribution in [-0.4, -0.2) is 71.8 Å². The maximum atomic E-state index is 13.9. The Morgan fingerprint density at radius 2 is 1.44 bits per heavy atom. The Morgan fingerprint density at radius 3 is 2.09 bits per heavy atom. The average Bonchev–Trinajstić information content (AvgIpc) is 3.06. The lowest BCUT2D eigenvalue weighted by molar-refractivity contribution is -0.144. The normalized spacial score (nSPS) is 20.1. The second-order valence-electron chi connectivity index (χ2n) is 13.2. The van der Waals surface area contributed by atoms with E-state index in [1.54, 1.807) is 0 Å². The zero-order chi connectivity index (χ0) is 30.2. The van der Waals surface area contributed by atoms with Gasteiger partial charge in [-0.1, -0.05) is 86.0 Å². The monoisotopic (exact) mass is 625 g/mol. The predicted molar refractivity (Wildman–Crippen MR) is 177 cm³/mol. The van der Waals surface area contributed by atoms with Crippen molar-refractivity contribution in [2.75, 3.05) is 33.2 Å². The molecule has 2 aromatic rings. The largest absolute Gasteiger partial charge is 0.341 e. The summed E-state index contributed by atoms with van der Waals surface area (Å²) in [5.74, 6) is 0.876. The number of hydrogen-bond acceptors (Lipinski definition) is 3. The molecule has 5 nitrogen and oxygen atoms in total. The van der Waals surface area contributed by atoms with E-state index in [2.05, 4.69) is 9.80 Å². The molecule has 2 saturated carbocycles. The second kappa shape index (κ2) is 15.8. The molecule has 0 bridgehead atoms. The highest BCUT2D eigenvalue weighted by Crippen LogP contribution is 2.34. The molecule has 0 unspecified atom stereocenters. The molecule has 1 heterocycles. The van der Waals surface area contributed by atoms with Crippen molar-refractivity contribution in [1.29, 1.82) is 0 Å². The van der Waals surface area contributed by atoms with E-state index in [-0.39, 0.29) is 17.7 Å². The van der Waals surface area contributed by atoms with E-state index in [9.17, 15) is 9.59 Å². The quantitative estimate of drug-likeness (QED) is 0.266. The van der Waals surface area contributed by atoms with Crippen molar-refractivity contribution in [2.45, 2.75) is 101 Å². The molecule has 5 rings (SSSR count). The molecule has 7 heteroatoms. The molecule has 2 aliphatic carbocycles. The lowest BCUT2D eigenvalue weighted by Crippen LogP contribution is -2.54. The van der Waals surface area contributed by atoms with Crippen LogP contribution in [0.25, 0.3) is 0 Å². The summed E-state index contributed by atoms with van der Waals surface area (Å²) in [5.41, 5.74) is 1.81. The molecule has 0 radical (unpaired) electrons. The number of likely N-dealkylation sites (tertiary alicyclic amines) is 1. The molecular weight excluding hydrogens is 577 g/mol. The molecule has 3 fully saturated rings. The third kappa shape index (κ3) is 8.55. The van der Waals surface area contributed by atoms with Gasteiger partial charge in [0.05, 0.1) is 10.0 Å². The van der Waals surface area contributed by atoms with Gasteiger partial charge < -0.3 is 14.7 Å². The lowest BCUT2D eigenvalue weighted by Gasteiger charge is -2.45. The first-order chi connectivity index (χ1) is 20.9. The molecule has 3 aliphatic rings. The van der Waals surface area contributed by atoms with Crippen molar-refractivity contribution in [1.82, 2.24) is 14.7 Å². The number of nitrogens with zero attached hydrogens (tertiary/aromatic N) is 3. The van der Waals surface area contributed by atoms with Crippen molar-refractivity contribution in [3.63, 3.8) is 0 Å². The number of amides is 2. The van der Waals surface area contributed by atoms with Crippen LogP contribution in [-0.2, 0) is 4.79 Å². The summed E-state index contributed by atoms with van der Waals surface area (Å²) in [6.07, 6.45) is 15.1. The van der Waals surface area contributed by atoms with E-state index < -0.39 is 0 Å². The summed E-state index contributed by atoms with van der Waals surface area (Å²) in [7, 11) is 1.88. The molecule has 43 heavy (non-hydrogen) atoms. The van der Waals surface area contributed by atoms with Crippen LogP contribution < -0.4 is 0 Å². The Morgan fingerprint density at radius 1 is 0.814 bits per heavy atom. The Bertz CT molecular complexity index is 1190. The molecule has 234 valence electrons. The van der Waals surface area contributed by atoms with E-state index in [0.29, 0.717) is 40.1 Å². The molecule has 0 N–H and O–H groups in total. The SMILES string of the molecule is CN(C[C@@H](CCN1CCC(N(C(=O)C2CCCCC2)C2CCCCC2)CC1)c1ccc(Cl)c(Cl)c1)C(=O)c1ccccc1. The number of hydrogen-bond donors (Lipinski definition) is 0. The molecular formula is C36H49Cl2N3O2. The van der Waals surface area contributed by atoms with E-state index >= 15 is 0 Å². The zero-order valence-electron chi connectivity index (χ0n) is 25.9. The minimum atomic E-state index is 0.0249. The Kier molecular flexibility index (Phi) is 11.9. The highest BCUT2D eigenvalue weighted by Gasteiger charge is 2.37. The van der Waals surface area contributed by atoms with E-state index in [1.807, 2.05) is 60.5 Å². The molecule has 0 spiro atoms.